The Kier molecular flexibility index (Phi) is 2.83. The molecule has 2 rings (SSSR count). The molecule has 84 valence electrons. The first-order chi connectivity index (χ1) is 7.64. The van der Waals surface area contributed by atoms with Gasteiger partial charge in [0.1, 0.15) is 0 Å². The van der Waals surface area contributed by atoms with E-state index in [2.05, 4.69) is 0 Å². The molecule has 1 aromatic carbocycles. The molecule has 0 aliphatic rings. The van der Waals surface area contributed by atoms with Crippen LogP contribution in [0.2, 0.25) is 0 Å². The molecule has 0 unspecified atom stereocenters. The quantitative estimate of drug-likeness (QED) is 0.818. The molecule has 1 heterocycles. The summed E-state index contributed by atoms with van der Waals surface area (Å²) in [6, 6.07) is 10.3. The van der Waals surface area contributed by atoms with Crippen molar-refractivity contribution in [1.82, 2.24) is 3.97 Å². The van der Waals surface area contributed by atoms with E-state index in [0.29, 0.717) is 4.90 Å². The molecule has 0 radical (unpaired) electrons. The molecule has 3 nitrogen and oxygen atoms in total. The van der Waals surface area contributed by atoms with Crippen LogP contribution in [0.3, 0.4) is 0 Å². The molecule has 0 atom stereocenters. The monoisotopic (exact) mass is 235 g/mol. The lowest BCUT2D eigenvalue weighted by molar-refractivity contribution is 0.587. The van der Waals surface area contributed by atoms with E-state index in [1.807, 2.05) is 13.0 Å². The predicted molar refractivity (Wildman–Crippen MR) is 62.8 cm³/mol. The van der Waals surface area contributed by atoms with Gasteiger partial charge in [0.2, 0.25) is 0 Å². The fourth-order valence-corrected chi connectivity index (χ4v) is 2.73. The average molecular weight is 235 g/mol. The molecule has 0 fully saturated rings. The van der Waals surface area contributed by atoms with Crippen molar-refractivity contribution in [3.63, 3.8) is 0 Å². The molecule has 0 bridgehead atoms. The molecule has 0 saturated carbocycles. The lowest BCUT2D eigenvalue weighted by atomic mass is 10.3. The van der Waals surface area contributed by atoms with Gasteiger partial charge in [-0.1, -0.05) is 25.1 Å². The molecule has 0 N–H and O–H groups in total. The highest BCUT2D eigenvalue weighted by molar-refractivity contribution is 7.90. The van der Waals surface area contributed by atoms with Crippen LogP contribution in [0.5, 0.6) is 0 Å². The third-order valence-corrected chi connectivity index (χ3v) is 4.11. The highest BCUT2D eigenvalue weighted by Gasteiger charge is 2.15. The number of benzene rings is 1. The van der Waals surface area contributed by atoms with Crippen molar-refractivity contribution >= 4 is 10.0 Å². The number of hydrogen-bond donors (Lipinski definition) is 0. The molecule has 1 aromatic heterocycles. The van der Waals surface area contributed by atoms with Gasteiger partial charge >= 0.3 is 0 Å². The molecule has 0 aliphatic carbocycles. The van der Waals surface area contributed by atoms with Crippen LogP contribution in [0, 0.1) is 0 Å². The summed E-state index contributed by atoms with van der Waals surface area (Å²) in [6.07, 6.45) is 4.07. The summed E-state index contributed by atoms with van der Waals surface area (Å²) in [5.74, 6) is 0. The van der Waals surface area contributed by atoms with Gasteiger partial charge in [0.25, 0.3) is 10.0 Å². The smallest absolute Gasteiger partial charge is 0.249 e. The van der Waals surface area contributed by atoms with Gasteiger partial charge in [0.15, 0.2) is 0 Å². The Morgan fingerprint density at radius 3 is 2.38 bits per heavy atom. The van der Waals surface area contributed by atoms with E-state index >= 15 is 0 Å². The van der Waals surface area contributed by atoms with E-state index in [1.165, 1.54) is 3.97 Å². The third kappa shape index (κ3) is 1.88. The van der Waals surface area contributed by atoms with Crippen LogP contribution in [0.4, 0.5) is 0 Å². The van der Waals surface area contributed by atoms with E-state index in [1.54, 1.807) is 42.7 Å². The van der Waals surface area contributed by atoms with Gasteiger partial charge in [0, 0.05) is 12.4 Å². The second-order valence-electron chi connectivity index (χ2n) is 3.52. The maximum absolute atomic E-state index is 12.1. The van der Waals surface area contributed by atoms with Crippen LogP contribution in [-0.2, 0) is 16.4 Å². The molecule has 0 spiro atoms. The first-order valence-corrected chi connectivity index (χ1v) is 6.56. The van der Waals surface area contributed by atoms with E-state index in [0.717, 1.165) is 12.0 Å². The number of rotatable bonds is 3. The average Bonchev–Trinajstić information content (AvgIpc) is 2.79. The summed E-state index contributed by atoms with van der Waals surface area (Å²) in [5.41, 5.74) is 1.01. The zero-order chi connectivity index (χ0) is 11.6. The van der Waals surface area contributed by atoms with Crippen molar-refractivity contribution in [2.24, 2.45) is 0 Å². The second kappa shape index (κ2) is 4.14. The van der Waals surface area contributed by atoms with Crippen molar-refractivity contribution in [3.8, 4) is 0 Å². The van der Waals surface area contributed by atoms with E-state index in [-0.39, 0.29) is 0 Å². The van der Waals surface area contributed by atoms with Crippen molar-refractivity contribution < 1.29 is 8.42 Å². The number of aryl methyl sites for hydroxylation is 1. The van der Waals surface area contributed by atoms with Crippen molar-refractivity contribution in [2.75, 3.05) is 0 Å². The summed E-state index contributed by atoms with van der Waals surface area (Å²) in [7, 11) is -3.41. The van der Waals surface area contributed by atoms with Crippen LogP contribution >= 0.6 is 0 Å². The normalized spacial score (nSPS) is 11.6. The summed E-state index contributed by atoms with van der Waals surface area (Å²) >= 11 is 0. The highest BCUT2D eigenvalue weighted by atomic mass is 32.2. The van der Waals surface area contributed by atoms with Gasteiger partial charge < -0.3 is 0 Å². The van der Waals surface area contributed by atoms with Gasteiger partial charge in [-0.05, 0) is 30.2 Å². The van der Waals surface area contributed by atoms with Gasteiger partial charge in [-0.15, -0.1) is 0 Å². The van der Waals surface area contributed by atoms with Crippen LogP contribution in [0.15, 0.2) is 53.7 Å². The van der Waals surface area contributed by atoms with Crippen LogP contribution in [0.25, 0.3) is 0 Å². The number of aromatic nitrogens is 1. The molecule has 0 aliphatic heterocycles. The zero-order valence-electron chi connectivity index (χ0n) is 9.00. The Hall–Kier alpha value is -1.55. The van der Waals surface area contributed by atoms with Gasteiger partial charge in [0.05, 0.1) is 4.90 Å². The minimum atomic E-state index is -3.41. The summed E-state index contributed by atoms with van der Waals surface area (Å²) in [5, 5.41) is 0. The van der Waals surface area contributed by atoms with Crippen molar-refractivity contribution in [2.45, 2.75) is 18.2 Å². The van der Waals surface area contributed by atoms with Crippen molar-refractivity contribution in [1.29, 1.82) is 0 Å². The number of nitrogens with zero attached hydrogens (tertiary/aromatic N) is 1. The summed E-state index contributed by atoms with van der Waals surface area (Å²) in [4.78, 5) is 0.313. The molecule has 2 aromatic rings. The lowest BCUT2D eigenvalue weighted by Gasteiger charge is -2.04. The van der Waals surface area contributed by atoms with Crippen molar-refractivity contribution in [3.05, 3.63) is 54.4 Å². The van der Waals surface area contributed by atoms with Crippen LogP contribution in [0.1, 0.15) is 12.5 Å². The first kappa shape index (κ1) is 11.0. The van der Waals surface area contributed by atoms with E-state index in [9.17, 15) is 8.42 Å². The Morgan fingerprint density at radius 1 is 1.12 bits per heavy atom. The van der Waals surface area contributed by atoms with Gasteiger partial charge in [-0.2, -0.15) is 0 Å². The predicted octanol–water partition coefficient (Wildman–Crippen LogP) is 2.29. The zero-order valence-corrected chi connectivity index (χ0v) is 9.81. The Morgan fingerprint density at radius 2 is 1.81 bits per heavy atom. The van der Waals surface area contributed by atoms with Crippen LogP contribution in [-0.4, -0.2) is 12.4 Å². The van der Waals surface area contributed by atoms with Gasteiger partial charge in [-0.3, -0.25) is 0 Å². The minimum Gasteiger partial charge on any atom is -0.249 e. The largest absolute Gasteiger partial charge is 0.267 e. The Balaban J connectivity index is 2.47. The lowest BCUT2D eigenvalue weighted by Crippen LogP contribution is -2.10. The Bertz CT molecular complexity index is 570. The maximum Gasteiger partial charge on any atom is 0.267 e. The van der Waals surface area contributed by atoms with E-state index in [4.69, 9.17) is 0 Å². The molecule has 0 amide bonds. The summed E-state index contributed by atoms with van der Waals surface area (Å²) < 4.78 is 25.5. The third-order valence-electron chi connectivity index (χ3n) is 2.46. The molecule has 0 saturated heterocycles. The fraction of sp³-hybridized carbons (Fsp3) is 0.167. The molecule has 16 heavy (non-hydrogen) atoms. The standard InChI is InChI=1S/C12H13NO2S/c1-2-11-8-9-13(10-11)16(14,15)12-6-4-3-5-7-12/h3-10H,2H2,1H3. The highest BCUT2D eigenvalue weighted by Crippen LogP contribution is 2.14. The van der Waals surface area contributed by atoms with Gasteiger partial charge in [-0.25, -0.2) is 12.4 Å². The first-order valence-electron chi connectivity index (χ1n) is 5.12. The molecular weight excluding hydrogens is 222 g/mol. The van der Waals surface area contributed by atoms with E-state index < -0.39 is 10.0 Å². The summed E-state index contributed by atoms with van der Waals surface area (Å²) in [6.45, 7) is 1.99. The fourth-order valence-electron chi connectivity index (χ4n) is 1.49. The SMILES string of the molecule is CCc1ccn(S(=O)(=O)c2ccccc2)c1. The molecular formula is C12H13NO2S. The minimum absolute atomic E-state index is 0.313. The Labute approximate surface area is 95.4 Å². The number of hydrogen-bond acceptors (Lipinski definition) is 2. The molecule has 4 heteroatoms. The topological polar surface area (TPSA) is 39.1 Å². The maximum atomic E-state index is 12.1. The second-order valence-corrected chi connectivity index (χ2v) is 5.36. The van der Waals surface area contributed by atoms with Crippen LogP contribution < -0.4 is 0 Å².